The van der Waals surface area contributed by atoms with Crippen LogP contribution in [0.25, 0.3) is 0 Å². The molecule has 2 aliphatic rings. The Kier molecular flexibility index (Phi) is 5.78. The summed E-state index contributed by atoms with van der Waals surface area (Å²) >= 11 is 0. The summed E-state index contributed by atoms with van der Waals surface area (Å²) in [6.07, 6.45) is 4.82. The van der Waals surface area contributed by atoms with Gasteiger partial charge in [-0.25, -0.2) is 0 Å². The largest absolute Gasteiger partial charge is 0.350 e. The van der Waals surface area contributed by atoms with Gasteiger partial charge in [0.1, 0.15) is 6.04 Å². The number of carbonyl (C=O) groups excluding carboxylic acids is 4. The van der Waals surface area contributed by atoms with E-state index in [9.17, 15) is 19.2 Å². The van der Waals surface area contributed by atoms with Gasteiger partial charge in [0, 0.05) is 17.1 Å². The van der Waals surface area contributed by atoms with Crippen molar-refractivity contribution in [1.29, 1.82) is 0 Å². The van der Waals surface area contributed by atoms with Gasteiger partial charge in [0.2, 0.25) is 5.91 Å². The van der Waals surface area contributed by atoms with E-state index in [-0.39, 0.29) is 34.9 Å². The van der Waals surface area contributed by atoms with E-state index in [1.807, 2.05) is 20.8 Å². The SMILES string of the molecule is CC(NC(=O)c1ccc2c(c1)C(=O)N(C1CCCCC1)C2=O)C(=O)NC(C)(C)C. The fourth-order valence-electron chi connectivity index (χ4n) is 3.89. The Morgan fingerprint density at radius 1 is 1.03 bits per heavy atom. The minimum atomic E-state index is -0.731. The highest BCUT2D eigenvalue weighted by atomic mass is 16.2. The van der Waals surface area contributed by atoms with Crippen molar-refractivity contribution in [3.63, 3.8) is 0 Å². The summed E-state index contributed by atoms with van der Waals surface area (Å²) in [5, 5.41) is 5.46. The topological polar surface area (TPSA) is 95.6 Å². The predicted molar refractivity (Wildman–Crippen MR) is 109 cm³/mol. The lowest BCUT2D eigenvalue weighted by molar-refractivity contribution is -0.124. The average Bonchev–Trinajstić information content (AvgIpc) is 2.91. The summed E-state index contributed by atoms with van der Waals surface area (Å²) < 4.78 is 0. The average molecular weight is 399 g/mol. The second-order valence-corrected chi connectivity index (χ2v) is 8.97. The van der Waals surface area contributed by atoms with Crippen LogP contribution in [-0.2, 0) is 4.79 Å². The number of nitrogens with zero attached hydrogens (tertiary/aromatic N) is 1. The molecule has 29 heavy (non-hydrogen) atoms. The number of rotatable bonds is 4. The van der Waals surface area contributed by atoms with E-state index in [1.54, 1.807) is 6.92 Å². The predicted octanol–water partition coefficient (Wildman–Crippen LogP) is 2.65. The van der Waals surface area contributed by atoms with Gasteiger partial charge in [-0.2, -0.15) is 0 Å². The van der Waals surface area contributed by atoms with Crippen LogP contribution in [0.4, 0.5) is 0 Å². The normalized spacial score (nSPS) is 18.4. The van der Waals surface area contributed by atoms with Gasteiger partial charge < -0.3 is 10.6 Å². The lowest BCUT2D eigenvalue weighted by Crippen LogP contribution is -2.50. The molecule has 3 rings (SSSR count). The first-order chi connectivity index (χ1) is 13.6. The highest BCUT2D eigenvalue weighted by Gasteiger charge is 2.40. The molecule has 0 bridgehead atoms. The summed E-state index contributed by atoms with van der Waals surface area (Å²) in [6, 6.07) is 3.73. The number of benzene rings is 1. The van der Waals surface area contributed by atoms with E-state index in [0.717, 1.165) is 32.1 Å². The molecule has 7 heteroatoms. The molecule has 156 valence electrons. The highest BCUT2D eigenvalue weighted by Crippen LogP contribution is 2.31. The highest BCUT2D eigenvalue weighted by molar-refractivity contribution is 6.22. The minimum Gasteiger partial charge on any atom is -0.350 e. The van der Waals surface area contributed by atoms with Crippen molar-refractivity contribution in [3.05, 3.63) is 34.9 Å². The maximum atomic E-state index is 12.9. The molecule has 7 nitrogen and oxygen atoms in total. The van der Waals surface area contributed by atoms with Gasteiger partial charge in [0.15, 0.2) is 0 Å². The number of imide groups is 1. The summed E-state index contributed by atoms with van der Waals surface area (Å²) in [6.45, 7) is 7.19. The smallest absolute Gasteiger partial charge is 0.261 e. The second-order valence-electron chi connectivity index (χ2n) is 8.97. The fourth-order valence-corrected chi connectivity index (χ4v) is 3.89. The standard InChI is InChI=1S/C22H29N3O4/c1-13(18(26)24-22(2,3)4)23-19(27)14-10-11-16-17(12-14)21(29)25(20(16)28)15-8-6-5-7-9-15/h10-13,15H,5-9H2,1-4H3,(H,23,27)(H,24,26). The number of carbonyl (C=O) groups is 4. The number of nitrogens with one attached hydrogen (secondary N) is 2. The van der Waals surface area contributed by atoms with Crippen LogP contribution >= 0.6 is 0 Å². The van der Waals surface area contributed by atoms with Gasteiger partial charge in [0.25, 0.3) is 17.7 Å². The van der Waals surface area contributed by atoms with Gasteiger partial charge in [0.05, 0.1) is 11.1 Å². The zero-order chi connectivity index (χ0) is 21.3. The van der Waals surface area contributed by atoms with E-state index >= 15 is 0 Å². The van der Waals surface area contributed by atoms with Crippen LogP contribution in [0.5, 0.6) is 0 Å². The molecule has 1 saturated carbocycles. The Labute approximate surface area is 171 Å². The number of hydrogen-bond donors (Lipinski definition) is 2. The molecule has 1 fully saturated rings. The molecule has 0 aromatic heterocycles. The first-order valence-corrected chi connectivity index (χ1v) is 10.2. The third-order valence-electron chi connectivity index (χ3n) is 5.36. The molecule has 1 aliphatic carbocycles. The minimum absolute atomic E-state index is 0.0606. The molecule has 1 aromatic rings. The quantitative estimate of drug-likeness (QED) is 0.761. The third-order valence-corrected chi connectivity index (χ3v) is 5.36. The lowest BCUT2D eigenvalue weighted by Gasteiger charge is -2.29. The van der Waals surface area contributed by atoms with E-state index < -0.39 is 17.5 Å². The van der Waals surface area contributed by atoms with E-state index in [1.165, 1.54) is 23.1 Å². The number of hydrogen-bond acceptors (Lipinski definition) is 4. The maximum absolute atomic E-state index is 12.9. The molecule has 0 radical (unpaired) electrons. The summed E-state index contributed by atoms with van der Waals surface area (Å²) in [7, 11) is 0. The number of amides is 4. The first kappa shape index (κ1) is 21.0. The molecule has 0 saturated heterocycles. The Morgan fingerprint density at radius 3 is 2.28 bits per heavy atom. The van der Waals surface area contributed by atoms with Crippen LogP contribution in [0.3, 0.4) is 0 Å². The molecule has 1 atom stereocenters. The molecule has 1 aliphatic heterocycles. The van der Waals surface area contributed by atoms with E-state index in [2.05, 4.69) is 10.6 Å². The Morgan fingerprint density at radius 2 is 1.66 bits per heavy atom. The first-order valence-electron chi connectivity index (χ1n) is 10.2. The summed E-state index contributed by atoms with van der Waals surface area (Å²) in [4.78, 5) is 51.8. The van der Waals surface area contributed by atoms with Crippen molar-refractivity contribution in [2.24, 2.45) is 0 Å². The van der Waals surface area contributed by atoms with Gasteiger partial charge in [-0.3, -0.25) is 24.1 Å². The maximum Gasteiger partial charge on any atom is 0.261 e. The van der Waals surface area contributed by atoms with Crippen LogP contribution in [-0.4, -0.2) is 46.2 Å². The molecule has 1 heterocycles. The molecule has 1 unspecified atom stereocenters. The van der Waals surface area contributed by atoms with Crippen LogP contribution in [0, 0.1) is 0 Å². The van der Waals surface area contributed by atoms with Gasteiger partial charge >= 0.3 is 0 Å². The van der Waals surface area contributed by atoms with Gasteiger partial charge in [-0.1, -0.05) is 19.3 Å². The van der Waals surface area contributed by atoms with Crippen LogP contribution in [0.15, 0.2) is 18.2 Å². The van der Waals surface area contributed by atoms with Gasteiger partial charge in [-0.05, 0) is 58.7 Å². The molecule has 1 aromatic carbocycles. The fraction of sp³-hybridized carbons (Fsp3) is 0.545. The van der Waals surface area contributed by atoms with Crippen LogP contribution in [0.1, 0.15) is 90.9 Å². The van der Waals surface area contributed by atoms with Crippen molar-refractivity contribution in [2.75, 3.05) is 0 Å². The lowest BCUT2D eigenvalue weighted by atomic mass is 9.94. The summed E-state index contributed by atoms with van der Waals surface area (Å²) in [5.41, 5.74) is 0.459. The molecule has 0 spiro atoms. The molecule has 2 N–H and O–H groups in total. The van der Waals surface area contributed by atoms with Crippen molar-refractivity contribution in [3.8, 4) is 0 Å². The Bertz CT molecular complexity index is 850. The Balaban J connectivity index is 1.74. The second kappa shape index (κ2) is 7.97. The van der Waals surface area contributed by atoms with E-state index in [4.69, 9.17) is 0 Å². The zero-order valence-corrected chi connectivity index (χ0v) is 17.5. The molecule has 4 amide bonds. The third kappa shape index (κ3) is 4.49. The molecular weight excluding hydrogens is 370 g/mol. The van der Waals surface area contributed by atoms with Crippen molar-refractivity contribution >= 4 is 23.6 Å². The van der Waals surface area contributed by atoms with Gasteiger partial charge in [-0.15, -0.1) is 0 Å². The Hall–Kier alpha value is -2.70. The van der Waals surface area contributed by atoms with Crippen molar-refractivity contribution < 1.29 is 19.2 Å². The summed E-state index contributed by atoms with van der Waals surface area (Å²) in [5.74, 6) is -1.35. The zero-order valence-electron chi connectivity index (χ0n) is 17.5. The molecular formula is C22H29N3O4. The van der Waals surface area contributed by atoms with Crippen LogP contribution < -0.4 is 10.6 Å². The van der Waals surface area contributed by atoms with Crippen molar-refractivity contribution in [2.45, 2.75) is 77.4 Å². The monoisotopic (exact) mass is 399 g/mol. The van der Waals surface area contributed by atoms with Crippen LogP contribution in [0.2, 0.25) is 0 Å². The number of fused-ring (bicyclic) bond motifs is 1. The van der Waals surface area contributed by atoms with E-state index in [0.29, 0.717) is 5.56 Å². The van der Waals surface area contributed by atoms with Crippen molar-refractivity contribution in [1.82, 2.24) is 15.5 Å².